The Hall–Kier alpha value is -1.11. The van der Waals surface area contributed by atoms with E-state index >= 15 is 0 Å². The summed E-state index contributed by atoms with van der Waals surface area (Å²) in [5.41, 5.74) is 1.39. The fraction of sp³-hybridized carbons (Fsp3) is 0.0667. The van der Waals surface area contributed by atoms with Gasteiger partial charge in [0.1, 0.15) is 5.65 Å². The first kappa shape index (κ1) is 14.8. The first-order valence-electron chi connectivity index (χ1n) is 6.18. The largest absolute Gasteiger partial charge is 0.269 e. The Morgan fingerprint density at radius 3 is 2.52 bits per heavy atom. The summed E-state index contributed by atoms with van der Waals surface area (Å²) in [5, 5.41) is 0. The van der Waals surface area contributed by atoms with Crippen LogP contribution < -0.4 is 5.56 Å². The Morgan fingerprint density at radius 2 is 1.76 bits per heavy atom. The molecule has 106 valence electrons. The van der Waals surface area contributed by atoms with Gasteiger partial charge in [-0.15, -0.1) is 11.8 Å². The number of hydrogen-bond acceptors (Lipinski definition) is 3. The smallest absolute Gasteiger partial charge is 0.258 e. The van der Waals surface area contributed by atoms with Crippen LogP contribution in [-0.4, -0.2) is 9.38 Å². The molecule has 3 nitrogen and oxygen atoms in total. The molecule has 0 radical (unpaired) electrons. The average molecular weight is 426 g/mol. The minimum atomic E-state index is -0.0623. The predicted molar refractivity (Wildman–Crippen MR) is 92.9 cm³/mol. The lowest BCUT2D eigenvalue weighted by Gasteiger charge is -2.05. The number of benzene rings is 1. The molecule has 2 aromatic heterocycles. The Labute approximate surface area is 142 Å². The molecule has 2 heterocycles. The van der Waals surface area contributed by atoms with Crippen molar-refractivity contribution < 1.29 is 0 Å². The highest BCUT2D eigenvalue weighted by Gasteiger charge is 2.04. The maximum atomic E-state index is 12.1. The number of fused-ring (bicyclic) bond motifs is 1. The van der Waals surface area contributed by atoms with Gasteiger partial charge in [0.15, 0.2) is 0 Å². The zero-order valence-electron chi connectivity index (χ0n) is 10.8. The minimum absolute atomic E-state index is 0.0623. The second kappa shape index (κ2) is 6.34. The number of aromatic nitrogens is 2. The molecule has 0 saturated carbocycles. The van der Waals surface area contributed by atoms with Crippen LogP contribution >= 0.6 is 43.6 Å². The summed E-state index contributed by atoms with van der Waals surface area (Å²) in [7, 11) is 0. The van der Waals surface area contributed by atoms with Crippen molar-refractivity contribution in [2.45, 2.75) is 10.6 Å². The fourth-order valence-corrected chi connectivity index (χ4v) is 3.28. The van der Waals surface area contributed by atoms with Crippen LogP contribution in [0.1, 0.15) is 5.69 Å². The molecule has 1 aromatic carbocycles. The van der Waals surface area contributed by atoms with E-state index in [1.54, 1.807) is 24.0 Å². The molecule has 0 N–H and O–H groups in total. The minimum Gasteiger partial charge on any atom is -0.269 e. The maximum absolute atomic E-state index is 12.1. The summed E-state index contributed by atoms with van der Waals surface area (Å²) < 4.78 is 3.45. The molecule has 3 aromatic rings. The first-order chi connectivity index (χ1) is 10.1. The molecule has 0 fully saturated rings. The van der Waals surface area contributed by atoms with Crippen LogP contribution in [0, 0.1) is 0 Å². The average Bonchev–Trinajstić information content (AvgIpc) is 2.47. The van der Waals surface area contributed by atoms with E-state index < -0.39 is 0 Å². The van der Waals surface area contributed by atoms with E-state index in [1.165, 1.54) is 4.40 Å². The van der Waals surface area contributed by atoms with Crippen LogP contribution in [0.4, 0.5) is 0 Å². The number of nitrogens with zero attached hydrogens (tertiary/aromatic N) is 2. The molecule has 0 atom stereocenters. The van der Waals surface area contributed by atoms with Gasteiger partial charge in [-0.2, -0.15) is 0 Å². The van der Waals surface area contributed by atoms with Gasteiger partial charge in [-0.25, -0.2) is 4.98 Å². The molecule has 0 spiro atoms. The highest BCUT2D eigenvalue weighted by Crippen LogP contribution is 2.23. The first-order valence-corrected chi connectivity index (χ1v) is 8.75. The van der Waals surface area contributed by atoms with Crippen molar-refractivity contribution in [1.29, 1.82) is 0 Å². The number of thioether (sulfide) groups is 1. The van der Waals surface area contributed by atoms with Gasteiger partial charge in [0.2, 0.25) is 0 Å². The second-order valence-electron chi connectivity index (χ2n) is 4.40. The Morgan fingerprint density at radius 1 is 1.05 bits per heavy atom. The van der Waals surface area contributed by atoms with E-state index in [0.29, 0.717) is 11.4 Å². The van der Waals surface area contributed by atoms with Gasteiger partial charge in [0, 0.05) is 31.9 Å². The van der Waals surface area contributed by atoms with Crippen molar-refractivity contribution >= 4 is 49.3 Å². The van der Waals surface area contributed by atoms with E-state index in [4.69, 9.17) is 0 Å². The van der Waals surface area contributed by atoms with Gasteiger partial charge in [0.05, 0.1) is 5.69 Å². The highest BCUT2D eigenvalue weighted by molar-refractivity contribution is 9.10. The highest BCUT2D eigenvalue weighted by atomic mass is 79.9. The summed E-state index contributed by atoms with van der Waals surface area (Å²) in [6.07, 6.45) is 1.73. The van der Waals surface area contributed by atoms with E-state index in [2.05, 4.69) is 36.8 Å². The lowest BCUT2D eigenvalue weighted by atomic mass is 10.4. The Kier molecular flexibility index (Phi) is 4.47. The van der Waals surface area contributed by atoms with Crippen LogP contribution in [0.25, 0.3) is 5.65 Å². The third kappa shape index (κ3) is 3.56. The third-order valence-corrected chi connectivity index (χ3v) is 4.92. The van der Waals surface area contributed by atoms with E-state index in [9.17, 15) is 4.79 Å². The van der Waals surface area contributed by atoms with Gasteiger partial charge in [-0.05, 0) is 52.3 Å². The van der Waals surface area contributed by atoms with E-state index in [-0.39, 0.29) is 5.56 Å². The molecule has 0 unspecified atom stereocenters. The standard InChI is InChI=1S/C15H10Br2N2OS/c16-10-1-4-13(5-2-10)21-9-12-7-15(20)19-8-11(17)3-6-14(19)18-12/h1-8H,9H2. The molecule has 0 amide bonds. The normalized spacial score (nSPS) is 11.0. The molecule has 0 aliphatic rings. The number of halogens is 2. The molecular weight excluding hydrogens is 416 g/mol. The molecular formula is C15H10Br2N2OS. The maximum Gasteiger partial charge on any atom is 0.258 e. The van der Waals surface area contributed by atoms with Crippen molar-refractivity contribution in [2.24, 2.45) is 0 Å². The van der Waals surface area contributed by atoms with Crippen LogP contribution in [0.2, 0.25) is 0 Å². The molecule has 0 bridgehead atoms. The summed E-state index contributed by atoms with van der Waals surface area (Å²) in [5.74, 6) is 0.670. The molecule has 0 saturated heterocycles. The third-order valence-electron chi connectivity index (χ3n) is 2.88. The number of hydrogen-bond donors (Lipinski definition) is 0. The van der Waals surface area contributed by atoms with Gasteiger partial charge in [-0.3, -0.25) is 9.20 Å². The lowest BCUT2D eigenvalue weighted by Crippen LogP contribution is -2.15. The SMILES string of the molecule is O=c1cc(CSc2ccc(Br)cc2)nc2ccc(Br)cn12. The molecule has 3 rings (SSSR count). The van der Waals surface area contributed by atoms with Gasteiger partial charge in [0.25, 0.3) is 5.56 Å². The summed E-state index contributed by atoms with van der Waals surface area (Å²) >= 11 is 8.43. The molecule has 6 heteroatoms. The lowest BCUT2D eigenvalue weighted by molar-refractivity contribution is 1.01. The summed E-state index contributed by atoms with van der Waals surface area (Å²) in [6, 6.07) is 13.4. The zero-order chi connectivity index (χ0) is 14.8. The van der Waals surface area contributed by atoms with E-state index in [1.807, 2.05) is 36.4 Å². The van der Waals surface area contributed by atoms with Crippen LogP contribution in [0.15, 0.2) is 67.3 Å². The monoisotopic (exact) mass is 424 g/mol. The van der Waals surface area contributed by atoms with Crippen molar-refractivity contribution in [3.05, 3.63) is 73.7 Å². The topological polar surface area (TPSA) is 34.4 Å². The van der Waals surface area contributed by atoms with Crippen molar-refractivity contribution in [3.63, 3.8) is 0 Å². The van der Waals surface area contributed by atoms with Crippen LogP contribution in [0.5, 0.6) is 0 Å². The summed E-state index contributed by atoms with van der Waals surface area (Å²) in [6.45, 7) is 0. The molecule has 21 heavy (non-hydrogen) atoms. The van der Waals surface area contributed by atoms with Gasteiger partial charge < -0.3 is 0 Å². The van der Waals surface area contributed by atoms with Gasteiger partial charge >= 0.3 is 0 Å². The van der Waals surface area contributed by atoms with Crippen LogP contribution in [0.3, 0.4) is 0 Å². The molecule has 0 aliphatic carbocycles. The van der Waals surface area contributed by atoms with Crippen molar-refractivity contribution in [2.75, 3.05) is 0 Å². The number of pyridine rings is 1. The Balaban J connectivity index is 1.86. The predicted octanol–water partition coefficient (Wildman–Crippen LogP) is 4.51. The fourth-order valence-electron chi connectivity index (χ4n) is 1.89. The van der Waals surface area contributed by atoms with Gasteiger partial charge in [-0.1, -0.05) is 15.9 Å². The quantitative estimate of drug-likeness (QED) is 0.579. The van der Waals surface area contributed by atoms with Crippen molar-refractivity contribution in [1.82, 2.24) is 9.38 Å². The Bertz CT molecular complexity index is 846. The molecule has 0 aliphatic heterocycles. The second-order valence-corrected chi connectivity index (χ2v) is 7.28. The number of rotatable bonds is 3. The zero-order valence-corrected chi connectivity index (χ0v) is 14.8. The van der Waals surface area contributed by atoms with Crippen molar-refractivity contribution in [3.8, 4) is 0 Å². The van der Waals surface area contributed by atoms with Crippen LogP contribution in [-0.2, 0) is 5.75 Å². The summed E-state index contributed by atoms with van der Waals surface area (Å²) in [4.78, 5) is 17.8. The van der Waals surface area contributed by atoms with E-state index in [0.717, 1.165) is 19.5 Å².